The average molecular weight is 265 g/mol. The maximum Gasteiger partial charge on any atom is 0.0684 e. The molecule has 0 aromatic heterocycles. The Morgan fingerprint density at radius 2 is 1.84 bits per heavy atom. The van der Waals surface area contributed by atoms with Gasteiger partial charge in [0.25, 0.3) is 0 Å². The highest BCUT2D eigenvalue weighted by atomic mass is 16.5. The lowest BCUT2D eigenvalue weighted by Gasteiger charge is -2.61. The van der Waals surface area contributed by atoms with E-state index in [1.54, 1.807) is 0 Å². The summed E-state index contributed by atoms with van der Waals surface area (Å²) >= 11 is 0. The van der Waals surface area contributed by atoms with Gasteiger partial charge in [0, 0.05) is 30.0 Å². The molecular formula is C17H31NO. The van der Waals surface area contributed by atoms with Crippen molar-refractivity contribution in [2.45, 2.75) is 78.0 Å². The number of hydrogen-bond donors (Lipinski definition) is 1. The lowest BCUT2D eigenvalue weighted by molar-refractivity contribution is -0.195. The number of nitrogens with one attached hydrogen (secondary N) is 1. The molecule has 0 aromatic carbocycles. The Balaban J connectivity index is 1.60. The quantitative estimate of drug-likeness (QED) is 0.823. The zero-order chi connectivity index (χ0) is 13.6. The van der Waals surface area contributed by atoms with Gasteiger partial charge in [-0.2, -0.15) is 0 Å². The van der Waals surface area contributed by atoms with Gasteiger partial charge < -0.3 is 10.1 Å². The van der Waals surface area contributed by atoms with Crippen LogP contribution in [0.25, 0.3) is 0 Å². The van der Waals surface area contributed by atoms with E-state index in [0.717, 1.165) is 30.4 Å². The van der Waals surface area contributed by atoms with Crippen LogP contribution < -0.4 is 5.32 Å². The molecule has 2 aliphatic carbocycles. The van der Waals surface area contributed by atoms with Gasteiger partial charge in [0.05, 0.1) is 6.10 Å². The first-order valence-electron chi connectivity index (χ1n) is 8.38. The smallest absolute Gasteiger partial charge is 0.0684 e. The number of fused-ring (bicyclic) bond motifs is 1. The third-order valence-corrected chi connectivity index (χ3v) is 6.34. The van der Waals surface area contributed by atoms with Crippen molar-refractivity contribution in [1.82, 2.24) is 5.32 Å². The molecule has 0 radical (unpaired) electrons. The molecule has 0 bridgehead atoms. The predicted molar refractivity (Wildman–Crippen MR) is 79.1 cm³/mol. The van der Waals surface area contributed by atoms with E-state index >= 15 is 0 Å². The Kier molecular flexibility index (Phi) is 3.68. The molecule has 6 unspecified atom stereocenters. The van der Waals surface area contributed by atoms with E-state index in [2.05, 4.69) is 33.0 Å². The highest BCUT2D eigenvalue weighted by molar-refractivity contribution is 5.11. The van der Waals surface area contributed by atoms with Gasteiger partial charge in [0.1, 0.15) is 0 Å². The summed E-state index contributed by atoms with van der Waals surface area (Å²) in [5.41, 5.74) is 0.331. The molecule has 1 aliphatic heterocycles. The Morgan fingerprint density at radius 3 is 2.58 bits per heavy atom. The third kappa shape index (κ3) is 2.35. The van der Waals surface area contributed by atoms with Crippen molar-refractivity contribution in [2.75, 3.05) is 6.61 Å². The molecule has 0 amide bonds. The van der Waals surface area contributed by atoms with Crippen LogP contribution in [0.15, 0.2) is 0 Å². The lowest BCUT2D eigenvalue weighted by Crippen LogP contribution is -2.70. The fourth-order valence-electron chi connectivity index (χ4n) is 4.81. The maximum atomic E-state index is 6.01. The fourth-order valence-corrected chi connectivity index (χ4v) is 4.81. The zero-order valence-electron chi connectivity index (χ0n) is 13.1. The lowest BCUT2D eigenvalue weighted by atomic mass is 9.55. The van der Waals surface area contributed by atoms with Crippen molar-refractivity contribution in [3.05, 3.63) is 0 Å². The molecule has 110 valence electrons. The van der Waals surface area contributed by atoms with Gasteiger partial charge in [-0.25, -0.2) is 0 Å². The van der Waals surface area contributed by atoms with Crippen molar-refractivity contribution in [2.24, 2.45) is 23.2 Å². The first kappa shape index (κ1) is 13.9. The fraction of sp³-hybridized carbons (Fsp3) is 1.00. The molecule has 1 N–H and O–H groups in total. The summed E-state index contributed by atoms with van der Waals surface area (Å²) in [5.74, 6) is 2.57. The maximum absolute atomic E-state index is 6.01. The second-order valence-electron chi connectivity index (χ2n) is 8.03. The van der Waals surface area contributed by atoms with Gasteiger partial charge in [-0.05, 0) is 43.9 Å². The summed E-state index contributed by atoms with van der Waals surface area (Å²) in [6.07, 6.45) is 7.27. The van der Waals surface area contributed by atoms with Crippen molar-refractivity contribution in [1.29, 1.82) is 0 Å². The molecule has 3 aliphatic rings. The monoisotopic (exact) mass is 265 g/mol. The first-order valence-corrected chi connectivity index (χ1v) is 8.38. The Bertz CT molecular complexity index is 327. The summed E-state index contributed by atoms with van der Waals surface area (Å²) < 4.78 is 6.01. The normalized spacial score (nSPS) is 49.3. The molecule has 0 spiro atoms. The number of ether oxygens (including phenoxy) is 1. The minimum absolute atomic E-state index is 0.331. The average Bonchev–Trinajstić information content (AvgIpc) is 2.40. The molecule has 3 fully saturated rings. The summed E-state index contributed by atoms with van der Waals surface area (Å²) in [5, 5.41) is 4.02. The molecule has 1 heterocycles. The van der Waals surface area contributed by atoms with Crippen molar-refractivity contribution in [3.63, 3.8) is 0 Å². The van der Waals surface area contributed by atoms with Gasteiger partial charge in [-0.15, -0.1) is 0 Å². The topological polar surface area (TPSA) is 21.3 Å². The van der Waals surface area contributed by atoms with Crippen LogP contribution in [0.3, 0.4) is 0 Å². The molecule has 6 atom stereocenters. The largest absolute Gasteiger partial charge is 0.377 e. The van der Waals surface area contributed by atoms with Crippen LogP contribution >= 0.6 is 0 Å². The molecule has 0 aromatic rings. The summed E-state index contributed by atoms with van der Waals surface area (Å²) in [6.45, 7) is 10.6. The van der Waals surface area contributed by atoms with Gasteiger partial charge >= 0.3 is 0 Å². The molecule has 2 heteroatoms. The molecule has 19 heavy (non-hydrogen) atoms. The zero-order valence-corrected chi connectivity index (χ0v) is 13.1. The van der Waals surface area contributed by atoms with Gasteiger partial charge in [0.15, 0.2) is 0 Å². The predicted octanol–water partition coefficient (Wildman–Crippen LogP) is 3.60. The van der Waals surface area contributed by atoms with Crippen LogP contribution in [0.5, 0.6) is 0 Å². The first-order chi connectivity index (χ1) is 9.00. The van der Waals surface area contributed by atoms with E-state index < -0.39 is 0 Å². The van der Waals surface area contributed by atoms with Crippen molar-refractivity contribution in [3.8, 4) is 0 Å². The molecule has 1 saturated heterocycles. The second-order valence-corrected chi connectivity index (χ2v) is 8.03. The molecule has 3 rings (SSSR count). The van der Waals surface area contributed by atoms with Crippen LogP contribution in [0, 0.1) is 23.2 Å². The van der Waals surface area contributed by atoms with Crippen LogP contribution in [0.2, 0.25) is 0 Å². The number of rotatable bonds is 2. The van der Waals surface area contributed by atoms with Crippen LogP contribution in [-0.4, -0.2) is 24.8 Å². The van der Waals surface area contributed by atoms with Gasteiger partial charge in [-0.1, -0.05) is 27.7 Å². The van der Waals surface area contributed by atoms with Crippen LogP contribution in [-0.2, 0) is 4.74 Å². The SMILES string of the molecule is CC1CCC(NC2C3CCCOC3C2(C)C)CC1C. The standard InChI is InChI=1S/C17H31NO/c1-11-7-8-13(10-12(11)2)18-15-14-6-5-9-19-16(14)17(15,3)4/h11-16,18H,5-10H2,1-4H3. The summed E-state index contributed by atoms with van der Waals surface area (Å²) in [6, 6.07) is 1.43. The van der Waals surface area contributed by atoms with E-state index in [0.29, 0.717) is 17.6 Å². The molecule has 2 nitrogen and oxygen atoms in total. The van der Waals surface area contributed by atoms with Crippen LogP contribution in [0.4, 0.5) is 0 Å². The molecular weight excluding hydrogens is 234 g/mol. The van der Waals surface area contributed by atoms with Gasteiger partial charge in [-0.3, -0.25) is 0 Å². The Morgan fingerprint density at radius 1 is 1.05 bits per heavy atom. The summed E-state index contributed by atoms with van der Waals surface area (Å²) in [4.78, 5) is 0. The molecule has 2 saturated carbocycles. The minimum atomic E-state index is 0.331. The van der Waals surface area contributed by atoms with Gasteiger partial charge in [0.2, 0.25) is 0 Å². The summed E-state index contributed by atoms with van der Waals surface area (Å²) in [7, 11) is 0. The van der Waals surface area contributed by atoms with E-state index in [1.165, 1.54) is 32.1 Å². The Hall–Kier alpha value is -0.0800. The Labute approximate surface area is 118 Å². The minimum Gasteiger partial charge on any atom is -0.377 e. The van der Waals surface area contributed by atoms with E-state index in [4.69, 9.17) is 4.74 Å². The van der Waals surface area contributed by atoms with E-state index in [9.17, 15) is 0 Å². The second kappa shape index (κ2) is 5.04. The van der Waals surface area contributed by atoms with Crippen LogP contribution in [0.1, 0.15) is 59.8 Å². The third-order valence-electron chi connectivity index (χ3n) is 6.34. The van der Waals surface area contributed by atoms with Crippen molar-refractivity contribution < 1.29 is 4.74 Å². The van der Waals surface area contributed by atoms with Crippen molar-refractivity contribution >= 4 is 0 Å². The highest BCUT2D eigenvalue weighted by Crippen LogP contribution is 2.51. The van der Waals surface area contributed by atoms with E-state index in [1.807, 2.05) is 0 Å². The van der Waals surface area contributed by atoms with E-state index in [-0.39, 0.29) is 0 Å². The number of hydrogen-bond acceptors (Lipinski definition) is 2. The highest BCUT2D eigenvalue weighted by Gasteiger charge is 2.58.